The van der Waals surface area contributed by atoms with Gasteiger partial charge in [0.15, 0.2) is 11.0 Å². The molecule has 19 heavy (non-hydrogen) atoms. The summed E-state index contributed by atoms with van der Waals surface area (Å²) in [6.07, 6.45) is 5.84. The zero-order valence-electron chi connectivity index (χ0n) is 10.9. The predicted octanol–water partition coefficient (Wildman–Crippen LogP) is 2.68. The first kappa shape index (κ1) is 13.0. The quantitative estimate of drug-likeness (QED) is 0.923. The number of rotatable bonds is 4. The first-order chi connectivity index (χ1) is 9.24. The highest BCUT2D eigenvalue weighted by Crippen LogP contribution is 2.29. The molecule has 1 N–H and O–H groups in total. The van der Waals surface area contributed by atoms with Gasteiger partial charge in [-0.25, -0.2) is 0 Å². The molecule has 0 bridgehead atoms. The molecule has 2 aliphatic rings. The van der Waals surface area contributed by atoms with Gasteiger partial charge in [0.1, 0.15) is 0 Å². The van der Waals surface area contributed by atoms with E-state index in [0.29, 0.717) is 17.8 Å². The number of carbonyl (C=O) groups is 1. The van der Waals surface area contributed by atoms with E-state index in [4.69, 9.17) is 16.0 Å². The first-order valence-corrected chi connectivity index (χ1v) is 7.41. The Morgan fingerprint density at radius 3 is 2.79 bits per heavy atom. The van der Waals surface area contributed by atoms with E-state index in [2.05, 4.69) is 5.32 Å². The van der Waals surface area contributed by atoms with Gasteiger partial charge in [0.2, 0.25) is 0 Å². The highest BCUT2D eigenvalue weighted by atomic mass is 35.5. The van der Waals surface area contributed by atoms with E-state index >= 15 is 0 Å². The lowest BCUT2D eigenvalue weighted by molar-refractivity contribution is 0.0686. The van der Waals surface area contributed by atoms with Gasteiger partial charge in [-0.05, 0) is 56.0 Å². The summed E-state index contributed by atoms with van der Waals surface area (Å²) in [5.41, 5.74) is 0. The molecule has 104 valence electrons. The van der Waals surface area contributed by atoms with Crippen molar-refractivity contribution in [1.29, 1.82) is 0 Å². The molecule has 1 atom stereocenters. The summed E-state index contributed by atoms with van der Waals surface area (Å²) in [7, 11) is 0. The van der Waals surface area contributed by atoms with Crippen LogP contribution >= 0.6 is 11.6 Å². The number of hydrogen-bond donors (Lipinski definition) is 1. The number of halogens is 1. The molecule has 1 unspecified atom stereocenters. The summed E-state index contributed by atoms with van der Waals surface area (Å²) < 4.78 is 5.25. The number of amides is 1. The number of hydrogen-bond acceptors (Lipinski definition) is 3. The van der Waals surface area contributed by atoms with Gasteiger partial charge >= 0.3 is 0 Å². The van der Waals surface area contributed by atoms with Crippen LogP contribution < -0.4 is 5.32 Å². The number of piperidine rings is 1. The van der Waals surface area contributed by atoms with Crippen molar-refractivity contribution < 1.29 is 9.21 Å². The third-order valence-corrected chi connectivity index (χ3v) is 4.07. The van der Waals surface area contributed by atoms with Crippen LogP contribution in [0.4, 0.5) is 0 Å². The molecule has 1 aromatic heterocycles. The molecule has 2 fully saturated rings. The summed E-state index contributed by atoms with van der Waals surface area (Å²) in [4.78, 5) is 14.4. The second kappa shape index (κ2) is 5.55. The van der Waals surface area contributed by atoms with E-state index in [1.807, 2.05) is 4.90 Å². The van der Waals surface area contributed by atoms with Crippen LogP contribution in [0.15, 0.2) is 16.5 Å². The second-order valence-electron chi connectivity index (χ2n) is 5.44. The standard InChI is InChI=1S/C14H19ClN2O2/c15-13-7-6-12(19-13)14(18)17(11-4-5-11)9-10-3-1-2-8-16-10/h6-7,10-11,16H,1-5,8-9H2. The average molecular weight is 283 g/mol. The Hall–Kier alpha value is -1.00. The molecule has 0 aromatic carbocycles. The molecule has 0 spiro atoms. The highest BCUT2D eigenvalue weighted by molar-refractivity contribution is 6.29. The Morgan fingerprint density at radius 2 is 2.21 bits per heavy atom. The minimum Gasteiger partial charge on any atom is -0.440 e. The monoisotopic (exact) mass is 282 g/mol. The van der Waals surface area contributed by atoms with Crippen LogP contribution in [0.5, 0.6) is 0 Å². The minimum absolute atomic E-state index is 0.0261. The molecule has 1 saturated carbocycles. The van der Waals surface area contributed by atoms with Gasteiger partial charge in [0.25, 0.3) is 5.91 Å². The molecular weight excluding hydrogens is 264 g/mol. The lowest BCUT2D eigenvalue weighted by atomic mass is 10.0. The number of nitrogens with zero attached hydrogens (tertiary/aromatic N) is 1. The third-order valence-electron chi connectivity index (χ3n) is 3.86. The summed E-state index contributed by atoms with van der Waals surface area (Å²) in [5.74, 6) is 0.328. The van der Waals surface area contributed by atoms with Gasteiger partial charge in [-0.1, -0.05) is 6.42 Å². The molecule has 1 aromatic rings. The van der Waals surface area contributed by atoms with Crippen molar-refractivity contribution in [2.75, 3.05) is 13.1 Å². The van der Waals surface area contributed by atoms with Crippen molar-refractivity contribution in [2.24, 2.45) is 0 Å². The van der Waals surface area contributed by atoms with Crippen molar-refractivity contribution in [3.05, 3.63) is 23.1 Å². The van der Waals surface area contributed by atoms with E-state index in [9.17, 15) is 4.79 Å². The van der Waals surface area contributed by atoms with Gasteiger partial charge < -0.3 is 14.6 Å². The Balaban J connectivity index is 1.68. The van der Waals surface area contributed by atoms with E-state index in [1.165, 1.54) is 12.8 Å². The summed E-state index contributed by atoms with van der Waals surface area (Å²) in [5, 5.41) is 3.77. The van der Waals surface area contributed by atoms with Crippen molar-refractivity contribution >= 4 is 17.5 Å². The van der Waals surface area contributed by atoms with Gasteiger partial charge in [-0.15, -0.1) is 0 Å². The van der Waals surface area contributed by atoms with E-state index in [0.717, 1.165) is 32.4 Å². The van der Waals surface area contributed by atoms with E-state index in [-0.39, 0.29) is 11.1 Å². The molecular formula is C14H19ClN2O2. The third kappa shape index (κ3) is 3.12. The van der Waals surface area contributed by atoms with Crippen molar-refractivity contribution in [3.63, 3.8) is 0 Å². The van der Waals surface area contributed by atoms with Crippen LogP contribution in [-0.2, 0) is 0 Å². The molecule has 2 heterocycles. The van der Waals surface area contributed by atoms with Crippen molar-refractivity contribution in [1.82, 2.24) is 10.2 Å². The predicted molar refractivity (Wildman–Crippen MR) is 73.4 cm³/mol. The van der Waals surface area contributed by atoms with Gasteiger partial charge in [0.05, 0.1) is 0 Å². The lowest BCUT2D eigenvalue weighted by Crippen LogP contribution is -2.46. The zero-order chi connectivity index (χ0) is 13.2. The molecule has 1 aliphatic carbocycles. The minimum atomic E-state index is -0.0261. The first-order valence-electron chi connectivity index (χ1n) is 7.04. The van der Waals surface area contributed by atoms with Crippen LogP contribution in [0.25, 0.3) is 0 Å². The Kier molecular flexibility index (Phi) is 3.80. The molecule has 1 saturated heterocycles. The van der Waals surface area contributed by atoms with Crippen LogP contribution in [0.2, 0.25) is 5.22 Å². The number of carbonyl (C=O) groups excluding carboxylic acids is 1. The summed E-state index contributed by atoms with van der Waals surface area (Å²) in [6.45, 7) is 1.84. The maximum atomic E-state index is 12.5. The fraction of sp³-hybridized carbons (Fsp3) is 0.643. The Bertz CT molecular complexity index is 450. The fourth-order valence-electron chi connectivity index (χ4n) is 2.67. The second-order valence-corrected chi connectivity index (χ2v) is 5.81. The Labute approximate surface area is 118 Å². The average Bonchev–Trinajstić information content (AvgIpc) is 3.18. The fourth-order valence-corrected chi connectivity index (χ4v) is 2.82. The van der Waals surface area contributed by atoms with Crippen molar-refractivity contribution in [2.45, 2.75) is 44.2 Å². The number of furan rings is 1. The maximum absolute atomic E-state index is 12.5. The molecule has 4 nitrogen and oxygen atoms in total. The maximum Gasteiger partial charge on any atom is 0.289 e. The molecule has 1 amide bonds. The molecule has 3 rings (SSSR count). The lowest BCUT2D eigenvalue weighted by Gasteiger charge is -2.30. The van der Waals surface area contributed by atoms with Gasteiger partial charge in [-0.3, -0.25) is 4.79 Å². The van der Waals surface area contributed by atoms with E-state index < -0.39 is 0 Å². The largest absolute Gasteiger partial charge is 0.440 e. The van der Waals surface area contributed by atoms with Crippen LogP contribution in [-0.4, -0.2) is 36.0 Å². The van der Waals surface area contributed by atoms with Gasteiger partial charge in [-0.2, -0.15) is 0 Å². The van der Waals surface area contributed by atoms with Gasteiger partial charge in [0, 0.05) is 18.6 Å². The highest BCUT2D eigenvalue weighted by Gasteiger charge is 2.35. The molecule has 1 aliphatic heterocycles. The van der Waals surface area contributed by atoms with Crippen LogP contribution in [0.1, 0.15) is 42.7 Å². The van der Waals surface area contributed by atoms with Crippen molar-refractivity contribution in [3.8, 4) is 0 Å². The number of nitrogens with one attached hydrogen (secondary N) is 1. The smallest absolute Gasteiger partial charge is 0.289 e. The van der Waals surface area contributed by atoms with E-state index in [1.54, 1.807) is 12.1 Å². The van der Waals surface area contributed by atoms with Crippen LogP contribution in [0, 0.1) is 0 Å². The Morgan fingerprint density at radius 1 is 1.37 bits per heavy atom. The van der Waals surface area contributed by atoms with Crippen LogP contribution in [0.3, 0.4) is 0 Å². The molecule has 0 radical (unpaired) electrons. The summed E-state index contributed by atoms with van der Waals surface area (Å²) in [6, 6.07) is 4.09. The molecule has 5 heteroatoms. The zero-order valence-corrected chi connectivity index (χ0v) is 11.7. The normalized spacial score (nSPS) is 23.3. The SMILES string of the molecule is O=C(c1ccc(Cl)o1)N(CC1CCCCN1)C1CC1. The summed E-state index contributed by atoms with van der Waals surface area (Å²) >= 11 is 5.75. The topological polar surface area (TPSA) is 45.5 Å².